The molecular weight excluding hydrogens is 223 g/mol. The number of methoxy groups -OCH3 is 1. The average Bonchev–Trinajstić information content (AvgIpc) is 2.54. The minimum atomic E-state index is -3.89. The molecule has 0 aromatic heterocycles. The molecule has 2 bridgehead atoms. The van der Waals surface area contributed by atoms with Gasteiger partial charge < -0.3 is 28.2 Å². The molecule has 6 nitrogen and oxygen atoms in total. The third-order valence-corrected chi connectivity index (χ3v) is 3.08. The van der Waals surface area contributed by atoms with Gasteiger partial charge in [-0.3, -0.25) is 0 Å². The summed E-state index contributed by atoms with van der Waals surface area (Å²) in [6, 6.07) is 0. The molecule has 0 amide bonds. The maximum absolute atomic E-state index is 11.2. The summed E-state index contributed by atoms with van der Waals surface area (Å²) in [5.74, 6) is 0. The maximum atomic E-state index is 11.2. The normalized spacial score (nSPS) is 49.0. The summed E-state index contributed by atoms with van der Waals surface area (Å²) in [4.78, 5) is 11.2. The van der Waals surface area contributed by atoms with E-state index in [9.17, 15) is 9.46 Å². The third-order valence-electron chi connectivity index (χ3n) is 2.47. The van der Waals surface area contributed by atoms with E-state index >= 15 is 0 Å². The van der Waals surface area contributed by atoms with Crippen LogP contribution in [0.15, 0.2) is 0 Å². The molecule has 0 spiro atoms. The Hall–Kier alpha value is 0.0300. The van der Waals surface area contributed by atoms with E-state index in [1.165, 1.54) is 7.11 Å². The van der Waals surface area contributed by atoms with E-state index < -0.39 is 32.0 Å². The molecule has 0 aromatic rings. The van der Waals surface area contributed by atoms with Crippen molar-refractivity contribution in [3.63, 3.8) is 0 Å². The Bertz CT molecular complexity index is 320. The molecule has 88 valence electrons. The maximum Gasteiger partial charge on any atom is 0.144 e. The zero-order chi connectivity index (χ0) is 12.0. The summed E-state index contributed by atoms with van der Waals surface area (Å²) < 4.78 is 39.4. The highest BCUT2D eigenvalue weighted by Crippen LogP contribution is 2.45. The van der Waals surface area contributed by atoms with Crippen LogP contribution in [0.3, 0.4) is 0 Å². The molecule has 2 fully saturated rings. The predicted octanol–water partition coefficient (Wildman–Crippen LogP) is -0.631. The topological polar surface area (TPSA) is 77.0 Å². The summed E-state index contributed by atoms with van der Waals surface area (Å²) in [5.41, 5.74) is -0.970. The van der Waals surface area contributed by atoms with E-state index in [1.54, 1.807) is 0 Å². The van der Waals surface area contributed by atoms with E-state index in [-0.39, 0.29) is 13.2 Å². The van der Waals surface area contributed by atoms with Crippen LogP contribution in [0.2, 0.25) is 0 Å². The summed E-state index contributed by atoms with van der Waals surface area (Å²) in [7, 11) is -2.42. The second-order valence-electron chi connectivity index (χ2n) is 3.82. The molecule has 0 saturated carbocycles. The van der Waals surface area contributed by atoms with E-state index in [2.05, 4.69) is 0 Å². The van der Waals surface area contributed by atoms with Crippen molar-refractivity contribution in [2.45, 2.75) is 17.8 Å². The number of fused-ring (bicyclic) bond motifs is 2. The zero-order valence-corrected chi connectivity index (χ0v) is 9.44. The molecule has 0 radical (unpaired) electrons. The van der Waals surface area contributed by atoms with E-state index in [0.717, 1.165) is 6.66 Å². The largest absolute Gasteiger partial charge is 0.779 e. The van der Waals surface area contributed by atoms with Crippen LogP contribution < -0.4 is 4.89 Å². The highest BCUT2D eigenvalue weighted by molar-refractivity contribution is 7.50. The molecule has 15 heavy (non-hydrogen) atoms. The molecule has 2 saturated heterocycles. The van der Waals surface area contributed by atoms with Crippen LogP contribution in [-0.4, -0.2) is 51.4 Å². The van der Waals surface area contributed by atoms with Gasteiger partial charge in [-0.05, 0) is 0 Å². The molecule has 7 heteroatoms. The fourth-order valence-corrected chi connectivity index (χ4v) is 2.61. The van der Waals surface area contributed by atoms with Crippen LogP contribution in [0, 0.1) is 0 Å². The van der Waals surface area contributed by atoms with Crippen LogP contribution >= 0.6 is 7.60 Å². The lowest BCUT2D eigenvalue weighted by Gasteiger charge is -2.31. The molecule has 2 aliphatic heterocycles. The molecule has 0 aromatic carbocycles. The van der Waals surface area contributed by atoms with E-state index in [1.807, 2.05) is 0 Å². The lowest BCUT2D eigenvalue weighted by Crippen LogP contribution is -2.45. The lowest BCUT2D eigenvalue weighted by atomic mass is 10.0. The first-order valence-electron chi connectivity index (χ1n) is 5.13. The van der Waals surface area contributed by atoms with Gasteiger partial charge in [0.15, 0.2) is 0 Å². The Balaban J connectivity index is 2.19. The summed E-state index contributed by atoms with van der Waals surface area (Å²) in [5, 5.41) is 0. The van der Waals surface area contributed by atoms with Gasteiger partial charge in [0.2, 0.25) is 0 Å². The monoisotopic (exact) mass is 239 g/mol. The predicted molar refractivity (Wildman–Crippen MR) is 48.7 cm³/mol. The average molecular weight is 239 g/mol. The smallest absolute Gasteiger partial charge is 0.144 e. The first-order chi connectivity index (χ1) is 7.38. The molecule has 0 N–H and O–H groups in total. The summed E-state index contributed by atoms with van der Waals surface area (Å²) in [6.45, 7) is 0.389. The quantitative estimate of drug-likeness (QED) is 0.608. The minimum Gasteiger partial charge on any atom is -0.779 e. The first-order valence-corrected chi connectivity index (χ1v) is 6.54. The van der Waals surface area contributed by atoms with Crippen molar-refractivity contribution in [2.24, 2.45) is 0 Å². The molecular formula is C8H14O6P-. The molecule has 0 aliphatic carbocycles. The van der Waals surface area contributed by atoms with Gasteiger partial charge in [-0.15, -0.1) is 0 Å². The highest BCUT2D eigenvalue weighted by atomic mass is 31.2. The fourth-order valence-electron chi connectivity index (χ4n) is 1.88. The summed E-state index contributed by atoms with van der Waals surface area (Å²) >= 11 is 0. The number of hydrogen-bond acceptors (Lipinski definition) is 6. The van der Waals surface area contributed by atoms with Crippen molar-refractivity contribution >= 4 is 7.60 Å². The second kappa shape index (κ2) is 3.80. The highest BCUT2D eigenvalue weighted by Gasteiger charge is 2.58. The Kier molecular flexibility index (Phi) is 2.59. The Labute approximate surface area is 89.4 Å². The van der Waals surface area contributed by atoms with Crippen LogP contribution in [0.1, 0.15) is 1.37 Å². The van der Waals surface area contributed by atoms with Crippen LogP contribution in [0.4, 0.5) is 0 Å². The Morgan fingerprint density at radius 2 is 2.53 bits per heavy atom. The van der Waals surface area contributed by atoms with Crippen molar-refractivity contribution in [3.05, 3.63) is 0 Å². The second-order valence-corrected chi connectivity index (χ2v) is 5.58. The molecule has 2 aliphatic rings. The van der Waals surface area contributed by atoms with Gasteiger partial charge in [0.05, 0.1) is 21.2 Å². The molecule has 2 unspecified atom stereocenters. The summed E-state index contributed by atoms with van der Waals surface area (Å²) in [6.07, 6.45) is -1.46. The van der Waals surface area contributed by atoms with Gasteiger partial charge >= 0.3 is 0 Å². The fraction of sp³-hybridized carbons (Fsp3) is 1.00. The Morgan fingerprint density at radius 3 is 3.07 bits per heavy atom. The van der Waals surface area contributed by atoms with Crippen molar-refractivity contribution in [2.75, 3.05) is 33.6 Å². The van der Waals surface area contributed by atoms with Crippen molar-refractivity contribution < 1.29 is 29.6 Å². The SMILES string of the molecule is [3H][C@@H]1O[C@@]2(COC)CO[C@H]1C2OP(C)(=O)[O-]. The van der Waals surface area contributed by atoms with Crippen LogP contribution in [-0.2, 0) is 23.3 Å². The van der Waals surface area contributed by atoms with E-state index in [0.29, 0.717) is 0 Å². The van der Waals surface area contributed by atoms with Crippen molar-refractivity contribution in [3.8, 4) is 0 Å². The molecule has 2 heterocycles. The zero-order valence-electron chi connectivity index (χ0n) is 9.54. The van der Waals surface area contributed by atoms with Gasteiger partial charge in [-0.2, -0.15) is 0 Å². The van der Waals surface area contributed by atoms with Gasteiger partial charge in [-0.1, -0.05) is 0 Å². The van der Waals surface area contributed by atoms with E-state index in [4.69, 9.17) is 20.1 Å². The lowest BCUT2D eigenvalue weighted by molar-refractivity contribution is -0.205. The van der Waals surface area contributed by atoms with Gasteiger partial charge in [0.25, 0.3) is 0 Å². The third kappa shape index (κ3) is 2.11. The van der Waals surface area contributed by atoms with Gasteiger partial charge in [-0.25, -0.2) is 0 Å². The Morgan fingerprint density at radius 1 is 1.80 bits per heavy atom. The standard InChI is InChI=1S/C8H15O6P/c1-11-4-8-5-12-6(3-13-8)7(8)14-15(2,9)10/h6-7H,3-5H2,1-2H3,(H,9,10)/p-1/t6-,7?,8+/m1/s1/i3T/t3-,6+,7?,8-/m0. The van der Waals surface area contributed by atoms with Crippen molar-refractivity contribution in [1.29, 1.82) is 0 Å². The minimum absolute atomic E-state index is 0.142. The first kappa shape index (κ1) is 10.2. The van der Waals surface area contributed by atoms with Crippen LogP contribution in [0.5, 0.6) is 0 Å². The number of rotatable bonds is 4. The van der Waals surface area contributed by atoms with Gasteiger partial charge in [0.1, 0.15) is 25.4 Å². The number of ether oxygens (including phenoxy) is 3. The molecule has 5 atom stereocenters. The number of hydrogen-bond donors (Lipinski definition) is 0. The van der Waals surface area contributed by atoms with Crippen molar-refractivity contribution in [1.82, 2.24) is 0 Å². The van der Waals surface area contributed by atoms with Gasteiger partial charge in [0, 0.05) is 13.8 Å². The molecule has 2 rings (SSSR count). The van der Waals surface area contributed by atoms with Crippen LogP contribution in [0.25, 0.3) is 0 Å².